The molecule has 1 aromatic carbocycles. The number of hydrogen-bond acceptors (Lipinski definition) is 4. The minimum atomic E-state index is -0.693. The van der Waals surface area contributed by atoms with Crippen LogP contribution in [-0.4, -0.2) is 47.7 Å². The fourth-order valence-electron chi connectivity index (χ4n) is 3.11. The molecule has 0 spiro atoms. The first-order chi connectivity index (χ1) is 13.5. The Morgan fingerprint density at radius 1 is 1.21 bits per heavy atom. The summed E-state index contributed by atoms with van der Waals surface area (Å²) in [5.74, 6) is 1.26. The van der Waals surface area contributed by atoms with Gasteiger partial charge < -0.3 is 14.7 Å². The van der Waals surface area contributed by atoms with E-state index in [9.17, 15) is 9.90 Å². The van der Waals surface area contributed by atoms with E-state index in [0.29, 0.717) is 43.9 Å². The van der Waals surface area contributed by atoms with Crippen molar-refractivity contribution in [3.05, 3.63) is 66.1 Å². The van der Waals surface area contributed by atoms with E-state index in [1.165, 1.54) is 0 Å². The Balaban J connectivity index is 1.78. The Bertz CT molecular complexity index is 813. The van der Waals surface area contributed by atoms with Crippen molar-refractivity contribution in [1.82, 2.24) is 10.2 Å². The maximum absolute atomic E-state index is 12.6. The Morgan fingerprint density at radius 3 is 2.61 bits per heavy atom. The van der Waals surface area contributed by atoms with Gasteiger partial charge in [-0.3, -0.25) is 5.32 Å². The second kappa shape index (κ2) is 8.89. The van der Waals surface area contributed by atoms with Crippen LogP contribution in [0, 0.1) is 0 Å². The highest BCUT2D eigenvalue weighted by Crippen LogP contribution is 2.21. The van der Waals surface area contributed by atoms with Crippen molar-refractivity contribution in [3.63, 3.8) is 0 Å². The topological polar surface area (TPSA) is 74.2 Å². The van der Waals surface area contributed by atoms with E-state index in [2.05, 4.69) is 10.3 Å². The third-order valence-electron chi connectivity index (χ3n) is 5.01. The molecule has 1 aromatic rings. The van der Waals surface area contributed by atoms with Gasteiger partial charge in [-0.05, 0) is 43.6 Å². The van der Waals surface area contributed by atoms with Crippen LogP contribution in [0.5, 0.6) is 0 Å². The standard InChI is InChI=1S/C22H27N3O3/c1-22(27)12-14-25(15-13-22)21(26)24-20-11-10-19(28-2)9-8-18(16-23-20)17-6-4-3-5-7-17/h3-10,16,27H,11-15H2,1-2H3,(H,23,24,26)/b9-8?,18-16+,19-10?. The van der Waals surface area contributed by atoms with Crippen LogP contribution in [0.1, 0.15) is 31.7 Å². The van der Waals surface area contributed by atoms with E-state index in [1.54, 1.807) is 18.2 Å². The quantitative estimate of drug-likeness (QED) is 0.824. The number of ether oxygens (including phenoxy) is 1. The molecule has 0 aromatic heterocycles. The second-order valence-electron chi connectivity index (χ2n) is 7.29. The van der Waals surface area contributed by atoms with Gasteiger partial charge in [-0.25, -0.2) is 9.79 Å². The molecule has 6 nitrogen and oxygen atoms in total. The highest BCUT2D eigenvalue weighted by molar-refractivity contribution is 5.99. The van der Waals surface area contributed by atoms with Gasteiger partial charge in [0, 0.05) is 31.3 Å². The Labute approximate surface area is 165 Å². The highest BCUT2D eigenvalue weighted by atomic mass is 16.5. The van der Waals surface area contributed by atoms with Crippen molar-refractivity contribution in [1.29, 1.82) is 0 Å². The summed E-state index contributed by atoms with van der Waals surface area (Å²) in [7, 11) is 1.62. The lowest BCUT2D eigenvalue weighted by molar-refractivity contribution is 0.00483. The van der Waals surface area contributed by atoms with Crippen LogP contribution in [-0.2, 0) is 4.74 Å². The molecule has 0 atom stereocenters. The minimum Gasteiger partial charge on any atom is -0.497 e. The number of nitrogens with zero attached hydrogens (tertiary/aromatic N) is 2. The zero-order valence-corrected chi connectivity index (χ0v) is 16.4. The summed E-state index contributed by atoms with van der Waals surface area (Å²) >= 11 is 0. The molecular formula is C22H27N3O3. The predicted molar refractivity (Wildman–Crippen MR) is 111 cm³/mol. The largest absolute Gasteiger partial charge is 0.497 e. The van der Waals surface area contributed by atoms with Crippen molar-refractivity contribution in [2.75, 3.05) is 20.2 Å². The van der Waals surface area contributed by atoms with Crippen LogP contribution in [0.25, 0.3) is 5.57 Å². The van der Waals surface area contributed by atoms with Crippen molar-refractivity contribution in [3.8, 4) is 0 Å². The van der Waals surface area contributed by atoms with E-state index >= 15 is 0 Å². The van der Waals surface area contributed by atoms with Crippen molar-refractivity contribution in [2.24, 2.45) is 4.99 Å². The third kappa shape index (κ3) is 5.33. The number of likely N-dealkylation sites (tertiary alicyclic amines) is 1. The first-order valence-corrected chi connectivity index (χ1v) is 9.50. The normalized spacial score (nSPS) is 21.2. The third-order valence-corrected chi connectivity index (χ3v) is 5.01. The number of carbonyl (C=O) groups is 1. The average Bonchev–Trinajstić information content (AvgIpc) is 2.79. The molecule has 0 aliphatic carbocycles. The van der Waals surface area contributed by atoms with Crippen molar-refractivity contribution in [2.45, 2.75) is 31.8 Å². The van der Waals surface area contributed by atoms with Gasteiger partial charge in [0.2, 0.25) is 0 Å². The number of nitrogens with one attached hydrogen (secondary N) is 1. The second-order valence-corrected chi connectivity index (χ2v) is 7.29. The Hall–Kier alpha value is -2.86. The Morgan fingerprint density at radius 2 is 1.93 bits per heavy atom. The van der Waals surface area contributed by atoms with E-state index in [0.717, 1.165) is 11.1 Å². The summed E-state index contributed by atoms with van der Waals surface area (Å²) in [5, 5.41) is 13.0. The van der Waals surface area contributed by atoms with Gasteiger partial charge in [0.05, 0.1) is 12.7 Å². The van der Waals surface area contributed by atoms with Gasteiger partial charge in [0.1, 0.15) is 11.6 Å². The first kappa shape index (κ1) is 19.9. The summed E-state index contributed by atoms with van der Waals surface area (Å²) in [6.07, 6.45) is 9.08. The van der Waals surface area contributed by atoms with E-state index in [4.69, 9.17) is 4.74 Å². The number of methoxy groups -OCH3 is 1. The Kier molecular flexibility index (Phi) is 6.31. The van der Waals surface area contributed by atoms with E-state index < -0.39 is 5.60 Å². The molecule has 2 heterocycles. The number of piperidine rings is 1. The minimum absolute atomic E-state index is 0.191. The predicted octanol–water partition coefficient (Wildman–Crippen LogP) is 3.47. The van der Waals surface area contributed by atoms with Crippen LogP contribution in [0.15, 0.2) is 65.5 Å². The highest BCUT2D eigenvalue weighted by Gasteiger charge is 2.29. The zero-order chi connectivity index (χ0) is 20.0. The van der Waals surface area contributed by atoms with Crippen LogP contribution in [0.2, 0.25) is 0 Å². The van der Waals surface area contributed by atoms with Crippen LogP contribution >= 0.6 is 0 Å². The van der Waals surface area contributed by atoms with E-state index in [1.807, 2.05) is 55.5 Å². The average molecular weight is 381 g/mol. The summed E-state index contributed by atoms with van der Waals surface area (Å²) in [5.41, 5.74) is 1.26. The lowest BCUT2D eigenvalue weighted by Gasteiger charge is -2.35. The summed E-state index contributed by atoms with van der Waals surface area (Å²) in [4.78, 5) is 18.9. The zero-order valence-electron chi connectivity index (χ0n) is 16.4. The first-order valence-electron chi connectivity index (χ1n) is 9.50. The van der Waals surface area contributed by atoms with Crippen LogP contribution in [0.3, 0.4) is 0 Å². The van der Waals surface area contributed by atoms with Gasteiger partial charge in [0.15, 0.2) is 0 Å². The molecule has 0 radical (unpaired) electrons. The number of amides is 2. The number of benzene rings is 1. The molecule has 0 saturated carbocycles. The number of hydrogen-bond donors (Lipinski definition) is 2. The fourth-order valence-corrected chi connectivity index (χ4v) is 3.11. The lowest BCUT2D eigenvalue weighted by atomic mass is 9.94. The fraction of sp³-hybridized carbons (Fsp3) is 0.364. The van der Waals surface area contributed by atoms with Gasteiger partial charge in [-0.15, -0.1) is 0 Å². The van der Waals surface area contributed by atoms with Crippen molar-refractivity contribution >= 4 is 17.4 Å². The van der Waals surface area contributed by atoms with Crippen LogP contribution < -0.4 is 5.32 Å². The summed E-state index contributed by atoms with van der Waals surface area (Å²) < 4.78 is 5.40. The molecule has 2 aliphatic rings. The van der Waals surface area contributed by atoms with Gasteiger partial charge >= 0.3 is 6.03 Å². The number of urea groups is 1. The van der Waals surface area contributed by atoms with E-state index in [-0.39, 0.29) is 6.03 Å². The SMILES string of the molecule is COC1=CCC(NC(=O)N2CCC(C)(O)CC2)=N/C=C(/c2ccccc2)C=C1. The van der Waals surface area contributed by atoms with Crippen LogP contribution in [0.4, 0.5) is 4.79 Å². The molecule has 1 saturated heterocycles. The van der Waals surface area contributed by atoms with Gasteiger partial charge in [-0.2, -0.15) is 0 Å². The molecule has 0 unspecified atom stereocenters. The number of amidine groups is 1. The summed E-state index contributed by atoms with van der Waals surface area (Å²) in [6, 6.07) is 9.75. The smallest absolute Gasteiger partial charge is 0.322 e. The molecule has 6 heteroatoms. The molecular weight excluding hydrogens is 354 g/mol. The molecule has 2 N–H and O–H groups in total. The molecule has 148 valence electrons. The van der Waals surface area contributed by atoms with Gasteiger partial charge in [0.25, 0.3) is 0 Å². The summed E-state index contributed by atoms with van der Waals surface area (Å²) in [6.45, 7) is 2.86. The lowest BCUT2D eigenvalue weighted by Crippen LogP contribution is -2.50. The molecule has 2 aliphatic heterocycles. The number of allylic oxidation sites excluding steroid dienone is 3. The number of aliphatic hydroxyl groups is 1. The van der Waals surface area contributed by atoms with Crippen molar-refractivity contribution < 1.29 is 14.6 Å². The molecule has 28 heavy (non-hydrogen) atoms. The monoisotopic (exact) mass is 381 g/mol. The maximum atomic E-state index is 12.6. The number of aliphatic imine (C=N–C) groups is 1. The number of carbonyl (C=O) groups excluding carboxylic acids is 1. The molecule has 2 amide bonds. The molecule has 1 fully saturated rings. The maximum Gasteiger partial charge on any atom is 0.322 e. The molecule has 3 rings (SSSR count). The number of rotatable bonds is 2. The molecule has 0 bridgehead atoms. The van der Waals surface area contributed by atoms with Gasteiger partial charge in [-0.1, -0.05) is 30.3 Å².